The van der Waals surface area contributed by atoms with Gasteiger partial charge in [-0.1, -0.05) is 12.1 Å². The molecule has 1 aliphatic heterocycles. The fourth-order valence-electron chi connectivity index (χ4n) is 1.72. The summed E-state index contributed by atoms with van der Waals surface area (Å²) in [5.41, 5.74) is 0.999. The lowest BCUT2D eigenvalue weighted by Crippen LogP contribution is -2.11. The van der Waals surface area contributed by atoms with E-state index in [2.05, 4.69) is 4.99 Å². The van der Waals surface area contributed by atoms with Gasteiger partial charge < -0.3 is 5.11 Å². The van der Waals surface area contributed by atoms with Crippen molar-refractivity contribution in [2.75, 3.05) is 6.54 Å². The third-order valence-electron chi connectivity index (χ3n) is 2.51. The van der Waals surface area contributed by atoms with Crippen LogP contribution in [-0.2, 0) is 4.79 Å². The maximum absolute atomic E-state index is 12.9. The zero-order chi connectivity index (χ0) is 10.8. The topological polar surface area (TPSA) is 49.7 Å². The van der Waals surface area contributed by atoms with Crippen LogP contribution in [0.5, 0.6) is 0 Å². The maximum Gasteiger partial charge on any atom is 0.349 e. The van der Waals surface area contributed by atoms with Crippen molar-refractivity contribution in [3.8, 4) is 0 Å². The molecule has 78 valence electrons. The van der Waals surface area contributed by atoms with Gasteiger partial charge in [-0.25, -0.2) is 9.18 Å². The summed E-state index contributed by atoms with van der Waals surface area (Å²) in [6.07, 6.45) is 0.388. The monoisotopic (exact) mass is 207 g/mol. The van der Waals surface area contributed by atoms with Gasteiger partial charge >= 0.3 is 5.97 Å². The number of carboxylic acids is 1. The Morgan fingerprint density at radius 3 is 2.93 bits per heavy atom. The van der Waals surface area contributed by atoms with Crippen molar-refractivity contribution >= 4 is 11.7 Å². The minimum atomic E-state index is -0.978. The number of aliphatic carboxylic acids is 1. The Morgan fingerprint density at radius 1 is 1.53 bits per heavy atom. The third-order valence-corrected chi connectivity index (χ3v) is 2.51. The van der Waals surface area contributed by atoms with Crippen LogP contribution in [0, 0.1) is 5.82 Å². The van der Waals surface area contributed by atoms with Crippen LogP contribution in [0.15, 0.2) is 29.3 Å². The molecule has 0 unspecified atom stereocenters. The molecule has 0 bridgehead atoms. The first kappa shape index (κ1) is 9.83. The summed E-state index contributed by atoms with van der Waals surface area (Å²) in [5, 5.41) is 8.73. The first-order valence-electron chi connectivity index (χ1n) is 4.69. The van der Waals surface area contributed by atoms with Gasteiger partial charge in [0.25, 0.3) is 0 Å². The van der Waals surface area contributed by atoms with Gasteiger partial charge in [0.1, 0.15) is 11.5 Å². The highest BCUT2D eigenvalue weighted by Crippen LogP contribution is 2.25. The summed E-state index contributed by atoms with van der Waals surface area (Å²) in [5.74, 6) is -1.27. The van der Waals surface area contributed by atoms with Gasteiger partial charge in [0.2, 0.25) is 0 Å². The van der Waals surface area contributed by atoms with Gasteiger partial charge in [-0.3, -0.25) is 4.99 Å². The summed E-state index contributed by atoms with van der Waals surface area (Å²) < 4.78 is 12.9. The second-order valence-electron chi connectivity index (χ2n) is 3.55. The normalized spacial score (nSPS) is 20.1. The number of nitrogens with zero attached hydrogens (tertiary/aromatic N) is 1. The number of benzene rings is 1. The van der Waals surface area contributed by atoms with Crippen molar-refractivity contribution in [1.29, 1.82) is 0 Å². The van der Waals surface area contributed by atoms with E-state index in [1.54, 1.807) is 12.1 Å². The summed E-state index contributed by atoms with van der Waals surface area (Å²) in [6, 6.07) is 6.24. The van der Waals surface area contributed by atoms with Crippen LogP contribution < -0.4 is 0 Å². The number of carboxylic acid groups (broad SMARTS) is 1. The van der Waals surface area contributed by atoms with Gasteiger partial charge in [-0.05, 0) is 17.7 Å². The summed E-state index contributed by atoms with van der Waals surface area (Å²) in [7, 11) is 0. The van der Waals surface area contributed by atoms with E-state index < -0.39 is 5.97 Å². The molecule has 1 aromatic rings. The molecule has 2 rings (SSSR count). The van der Waals surface area contributed by atoms with Gasteiger partial charge in [0.15, 0.2) is 0 Å². The number of aliphatic imine (C=N–C) groups is 1. The van der Waals surface area contributed by atoms with E-state index in [1.807, 2.05) is 0 Å². The molecule has 1 heterocycles. The van der Waals surface area contributed by atoms with Crippen LogP contribution in [0.1, 0.15) is 17.9 Å². The number of rotatable bonds is 2. The van der Waals surface area contributed by atoms with Gasteiger partial charge in [-0.15, -0.1) is 0 Å². The molecule has 1 aliphatic rings. The van der Waals surface area contributed by atoms with Crippen molar-refractivity contribution in [3.63, 3.8) is 0 Å². The lowest BCUT2D eigenvalue weighted by Gasteiger charge is -2.07. The molecule has 1 N–H and O–H groups in total. The highest BCUT2D eigenvalue weighted by atomic mass is 19.1. The van der Waals surface area contributed by atoms with Crippen molar-refractivity contribution in [2.24, 2.45) is 4.99 Å². The average Bonchev–Trinajstić information content (AvgIpc) is 2.66. The first-order valence-corrected chi connectivity index (χ1v) is 4.69. The number of carbonyl (C=O) groups is 1. The Bertz CT molecular complexity index is 428. The van der Waals surface area contributed by atoms with Crippen LogP contribution in [-0.4, -0.2) is 23.3 Å². The molecule has 0 aliphatic carbocycles. The standard InChI is InChI=1S/C11H10FNO2/c12-9-3-1-2-7(4-9)8-5-10(11(14)15)13-6-8/h1-4,8H,5-6H2,(H,14,15)/t8-/m0/s1. The van der Waals surface area contributed by atoms with Crippen LogP contribution in [0.2, 0.25) is 0 Å². The summed E-state index contributed by atoms with van der Waals surface area (Å²) in [6.45, 7) is 0.436. The molecule has 0 radical (unpaired) electrons. The van der Waals surface area contributed by atoms with Crippen molar-refractivity contribution in [3.05, 3.63) is 35.6 Å². The highest BCUT2D eigenvalue weighted by molar-refractivity contribution is 6.36. The maximum atomic E-state index is 12.9. The Labute approximate surface area is 86.3 Å². The van der Waals surface area contributed by atoms with E-state index >= 15 is 0 Å². The molecular weight excluding hydrogens is 197 g/mol. The predicted molar refractivity (Wildman–Crippen MR) is 53.7 cm³/mol. The van der Waals surface area contributed by atoms with Crippen molar-refractivity contribution in [1.82, 2.24) is 0 Å². The lowest BCUT2D eigenvalue weighted by molar-refractivity contribution is -0.129. The predicted octanol–water partition coefficient (Wildman–Crippen LogP) is 1.84. The van der Waals surface area contributed by atoms with E-state index in [9.17, 15) is 9.18 Å². The Morgan fingerprint density at radius 2 is 2.33 bits per heavy atom. The number of halogens is 1. The zero-order valence-corrected chi connectivity index (χ0v) is 7.98. The van der Waals surface area contributed by atoms with Crippen LogP contribution >= 0.6 is 0 Å². The van der Waals surface area contributed by atoms with E-state index in [1.165, 1.54) is 12.1 Å². The van der Waals surface area contributed by atoms with Crippen LogP contribution in [0.25, 0.3) is 0 Å². The molecule has 3 nitrogen and oxygen atoms in total. The molecule has 0 saturated heterocycles. The molecule has 0 saturated carbocycles. The van der Waals surface area contributed by atoms with Crippen LogP contribution in [0.4, 0.5) is 4.39 Å². The molecule has 0 amide bonds. The SMILES string of the molecule is O=C(O)C1=NC[C@@H](c2cccc(F)c2)C1. The van der Waals surface area contributed by atoms with E-state index in [0.717, 1.165) is 5.56 Å². The molecule has 15 heavy (non-hydrogen) atoms. The average molecular weight is 207 g/mol. The van der Waals surface area contributed by atoms with Crippen molar-refractivity contribution in [2.45, 2.75) is 12.3 Å². The molecule has 4 heteroatoms. The molecule has 0 fully saturated rings. The minimum Gasteiger partial charge on any atom is -0.477 e. The minimum absolute atomic E-state index is 0.00630. The third kappa shape index (κ3) is 2.03. The first-order chi connectivity index (χ1) is 7.16. The Kier molecular flexibility index (Phi) is 2.49. The fraction of sp³-hybridized carbons (Fsp3) is 0.273. The van der Waals surface area contributed by atoms with Crippen molar-refractivity contribution < 1.29 is 14.3 Å². The molecular formula is C11H10FNO2. The molecule has 1 aromatic carbocycles. The molecule has 1 atom stereocenters. The van der Waals surface area contributed by atoms with E-state index in [-0.39, 0.29) is 17.4 Å². The summed E-state index contributed by atoms with van der Waals surface area (Å²) >= 11 is 0. The fourth-order valence-corrected chi connectivity index (χ4v) is 1.72. The largest absolute Gasteiger partial charge is 0.477 e. The lowest BCUT2D eigenvalue weighted by atomic mass is 9.96. The van der Waals surface area contributed by atoms with Gasteiger partial charge in [-0.2, -0.15) is 0 Å². The summed E-state index contributed by atoms with van der Waals surface area (Å²) in [4.78, 5) is 14.6. The smallest absolute Gasteiger partial charge is 0.349 e. The zero-order valence-electron chi connectivity index (χ0n) is 7.98. The number of hydrogen-bond donors (Lipinski definition) is 1. The number of hydrogen-bond acceptors (Lipinski definition) is 2. The molecule has 0 spiro atoms. The van der Waals surface area contributed by atoms with E-state index in [0.29, 0.717) is 13.0 Å². The Hall–Kier alpha value is -1.71. The van der Waals surface area contributed by atoms with Gasteiger partial charge in [0, 0.05) is 18.9 Å². The second-order valence-corrected chi connectivity index (χ2v) is 3.55. The van der Waals surface area contributed by atoms with Crippen LogP contribution in [0.3, 0.4) is 0 Å². The van der Waals surface area contributed by atoms with E-state index in [4.69, 9.17) is 5.11 Å². The quantitative estimate of drug-likeness (QED) is 0.804. The Balaban J connectivity index is 2.13. The second kappa shape index (κ2) is 3.81. The highest BCUT2D eigenvalue weighted by Gasteiger charge is 2.24. The van der Waals surface area contributed by atoms with Gasteiger partial charge in [0.05, 0.1) is 0 Å². The molecule has 0 aromatic heterocycles.